The monoisotopic (exact) mass is 300 g/mol. The number of nitrogens with one attached hydrogen (secondary N) is 1. The average Bonchev–Trinajstić information content (AvgIpc) is 2.91. The molecule has 0 radical (unpaired) electrons. The van der Waals surface area contributed by atoms with E-state index < -0.39 is 0 Å². The first-order valence-electron chi connectivity index (χ1n) is 6.95. The van der Waals surface area contributed by atoms with Crippen molar-refractivity contribution in [3.8, 4) is 0 Å². The van der Waals surface area contributed by atoms with Crippen molar-refractivity contribution in [2.24, 2.45) is 0 Å². The molecule has 4 heteroatoms. The number of para-hydroxylation sites is 1. The molecule has 0 aliphatic heterocycles. The van der Waals surface area contributed by atoms with Crippen LogP contribution in [0.2, 0.25) is 0 Å². The van der Waals surface area contributed by atoms with Crippen molar-refractivity contribution in [2.75, 3.05) is 7.05 Å². The highest BCUT2D eigenvalue weighted by Crippen LogP contribution is 2.28. The molecule has 0 saturated carbocycles. The molecule has 1 heterocycles. The van der Waals surface area contributed by atoms with Gasteiger partial charge in [-0.25, -0.2) is 9.37 Å². The molecule has 0 saturated heterocycles. The van der Waals surface area contributed by atoms with Gasteiger partial charge in [-0.2, -0.15) is 0 Å². The average molecular weight is 300 g/mol. The van der Waals surface area contributed by atoms with Crippen molar-refractivity contribution in [1.29, 1.82) is 0 Å². The third-order valence-corrected chi connectivity index (χ3v) is 4.84. The van der Waals surface area contributed by atoms with Crippen LogP contribution < -0.4 is 5.32 Å². The standard InChI is InChI=1S/C17H17FN2S/c1-11-7-8-13(18)9-12(11)10-15(19-2)17-20-14-5-3-4-6-16(14)21-17/h3-9,15,19H,10H2,1-2H3. The summed E-state index contributed by atoms with van der Waals surface area (Å²) < 4.78 is 14.6. The summed E-state index contributed by atoms with van der Waals surface area (Å²) in [5.74, 6) is -0.185. The third kappa shape index (κ3) is 2.96. The van der Waals surface area contributed by atoms with Crippen molar-refractivity contribution in [3.05, 3.63) is 64.4 Å². The fraction of sp³-hybridized carbons (Fsp3) is 0.235. The lowest BCUT2D eigenvalue weighted by molar-refractivity contribution is 0.580. The Labute approximate surface area is 127 Å². The van der Waals surface area contributed by atoms with Crippen molar-refractivity contribution >= 4 is 21.6 Å². The van der Waals surface area contributed by atoms with Crippen LogP contribution >= 0.6 is 11.3 Å². The summed E-state index contributed by atoms with van der Waals surface area (Å²) in [5, 5.41) is 4.34. The molecule has 108 valence electrons. The Morgan fingerprint density at radius 1 is 1.24 bits per heavy atom. The van der Waals surface area contributed by atoms with Crippen LogP contribution in [0.4, 0.5) is 4.39 Å². The molecule has 0 aliphatic rings. The Kier molecular flexibility index (Phi) is 3.99. The molecule has 21 heavy (non-hydrogen) atoms. The van der Waals surface area contributed by atoms with Crippen LogP contribution in [0, 0.1) is 12.7 Å². The van der Waals surface area contributed by atoms with Gasteiger partial charge < -0.3 is 5.32 Å². The Morgan fingerprint density at radius 2 is 2.05 bits per heavy atom. The number of aromatic nitrogens is 1. The van der Waals surface area contributed by atoms with E-state index in [2.05, 4.69) is 11.4 Å². The molecule has 1 aromatic heterocycles. The van der Waals surface area contributed by atoms with Gasteiger partial charge in [0, 0.05) is 0 Å². The molecule has 3 aromatic rings. The van der Waals surface area contributed by atoms with Gasteiger partial charge in [-0.3, -0.25) is 0 Å². The highest BCUT2D eigenvalue weighted by Gasteiger charge is 2.16. The number of halogens is 1. The van der Waals surface area contributed by atoms with E-state index in [0.29, 0.717) is 0 Å². The number of likely N-dealkylation sites (N-methyl/N-ethyl adjacent to an activating group) is 1. The number of rotatable bonds is 4. The van der Waals surface area contributed by atoms with E-state index in [9.17, 15) is 4.39 Å². The first-order valence-corrected chi connectivity index (χ1v) is 7.77. The molecule has 3 rings (SSSR count). The highest BCUT2D eigenvalue weighted by molar-refractivity contribution is 7.18. The summed E-state index contributed by atoms with van der Waals surface area (Å²) in [6.07, 6.45) is 0.736. The van der Waals surface area contributed by atoms with Gasteiger partial charge in [0.1, 0.15) is 10.8 Å². The van der Waals surface area contributed by atoms with E-state index in [1.165, 1.54) is 10.8 Å². The van der Waals surface area contributed by atoms with E-state index >= 15 is 0 Å². The fourth-order valence-electron chi connectivity index (χ4n) is 2.43. The quantitative estimate of drug-likeness (QED) is 0.779. The van der Waals surface area contributed by atoms with Crippen LogP contribution in [0.25, 0.3) is 10.2 Å². The van der Waals surface area contributed by atoms with Crippen LogP contribution in [0.5, 0.6) is 0 Å². The van der Waals surface area contributed by atoms with Crippen molar-refractivity contribution < 1.29 is 4.39 Å². The lowest BCUT2D eigenvalue weighted by atomic mass is 10.0. The maximum Gasteiger partial charge on any atom is 0.123 e. The summed E-state index contributed by atoms with van der Waals surface area (Å²) in [4.78, 5) is 4.69. The molecule has 0 bridgehead atoms. The molecule has 2 nitrogen and oxygen atoms in total. The number of thiazole rings is 1. The van der Waals surface area contributed by atoms with E-state index in [4.69, 9.17) is 4.98 Å². The van der Waals surface area contributed by atoms with Gasteiger partial charge in [0.25, 0.3) is 0 Å². The zero-order chi connectivity index (χ0) is 14.8. The van der Waals surface area contributed by atoms with Gasteiger partial charge >= 0.3 is 0 Å². The van der Waals surface area contributed by atoms with Crippen LogP contribution in [0.15, 0.2) is 42.5 Å². The summed E-state index contributed by atoms with van der Waals surface area (Å²) >= 11 is 1.69. The summed E-state index contributed by atoms with van der Waals surface area (Å²) in [6, 6.07) is 13.2. The molecule has 1 atom stereocenters. The lowest BCUT2D eigenvalue weighted by Crippen LogP contribution is -2.19. The van der Waals surface area contributed by atoms with E-state index in [-0.39, 0.29) is 11.9 Å². The Hall–Kier alpha value is -1.78. The Bertz CT molecular complexity index is 733. The smallest absolute Gasteiger partial charge is 0.123 e. The van der Waals surface area contributed by atoms with Crippen molar-refractivity contribution in [3.63, 3.8) is 0 Å². The van der Waals surface area contributed by atoms with Gasteiger partial charge in [-0.15, -0.1) is 11.3 Å². The highest BCUT2D eigenvalue weighted by atomic mass is 32.1. The number of nitrogens with zero attached hydrogens (tertiary/aromatic N) is 1. The van der Waals surface area contributed by atoms with Gasteiger partial charge in [-0.05, 0) is 55.8 Å². The van der Waals surface area contributed by atoms with Crippen LogP contribution in [-0.4, -0.2) is 12.0 Å². The van der Waals surface area contributed by atoms with Crippen LogP contribution in [0.3, 0.4) is 0 Å². The number of aryl methyl sites for hydroxylation is 1. The van der Waals surface area contributed by atoms with E-state index in [1.807, 2.05) is 38.2 Å². The van der Waals surface area contributed by atoms with Crippen molar-refractivity contribution in [1.82, 2.24) is 10.3 Å². The molecular formula is C17H17FN2S. The second-order valence-corrected chi connectivity index (χ2v) is 6.20. The Balaban J connectivity index is 1.92. The minimum absolute atomic E-state index is 0.0999. The maximum absolute atomic E-state index is 13.4. The number of hydrogen-bond acceptors (Lipinski definition) is 3. The predicted molar refractivity (Wildman–Crippen MR) is 86.3 cm³/mol. The summed E-state index contributed by atoms with van der Waals surface area (Å²) in [5.41, 5.74) is 3.15. The summed E-state index contributed by atoms with van der Waals surface area (Å²) in [7, 11) is 1.92. The first-order chi connectivity index (χ1) is 10.2. The zero-order valence-corrected chi connectivity index (χ0v) is 12.9. The van der Waals surface area contributed by atoms with Crippen molar-refractivity contribution in [2.45, 2.75) is 19.4 Å². The lowest BCUT2D eigenvalue weighted by Gasteiger charge is -2.15. The topological polar surface area (TPSA) is 24.9 Å². The van der Waals surface area contributed by atoms with Gasteiger partial charge in [0.2, 0.25) is 0 Å². The van der Waals surface area contributed by atoms with Gasteiger partial charge in [-0.1, -0.05) is 18.2 Å². The second kappa shape index (κ2) is 5.92. The van der Waals surface area contributed by atoms with E-state index in [1.54, 1.807) is 17.4 Å². The van der Waals surface area contributed by atoms with E-state index in [0.717, 1.165) is 28.1 Å². The number of hydrogen-bond donors (Lipinski definition) is 1. The first kappa shape index (κ1) is 14.2. The maximum atomic E-state index is 13.4. The normalized spacial score (nSPS) is 12.7. The van der Waals surface area contributed by atoms with Gasteiger partial charge in [0.05, 0.1) is 16.3 Å². The zero-order valence-electron chi connectivity index (χ0n) is 12.1. The molecule has 1 unspecified atom stereocenters. The third-order valence-electron chi connectivity index (χ3n) is 3.69. The predicted octanol–water partition coefficient (Wildman–Crippen LogP) is 4.25. The molecular weight excluding hydrogens is 283 g/mol. The fourth-order valence-corrected chi connectivity index (χ4v) is 3.51. The minimum Gasteiger partial charge on any atom is -0.311 e. The van der Waals surface area contributed by atoms with Crippen LogP contribution in [-0.2, 0) is 6.42 Å². The molecule has 2 aromatic carbocycles. The molecule has 0 fully saturated rings. The SMILES string of the molecule is CNC(Cc1cc(F)ccc1C)c1nc2ccccc2s1. The second-order valence-electron chi connectivity index (χ2n) is 5.14. The molecule has 0 spiro atoms. The molecule has 1 N–H and O–H groups in total. The number of benzene rings is 2. The number of fused-ring (bicyclic) bond motifs is 1. The summed E-state index contributed by atoms with van der Waals surface area (Å²) in [6.45, 7) is 2.01. The minimum atomic E-state index is -0.185. The molecule has 0 amide bonds. The molecule has 0 aliphatic carbocycles. The van der Waals surface area contributed by atoms with Gasteiger partial charge in [0.15, 0.2) is 0 Å². The Morgan fingerprint density at radius 3 is 2.81 bits per heavy atom. The largest absolute Gasteiger partial charge is 0.311 e. The van der Waals surface area contributed by atoms with Crippen LogP contribution in [0.1, 0.15) is 22.2 Å².